The highest BCUT2D eigenvalue weighted by atomic mass is 32.2. The monoisotopic (exact) mass is 455 g/mol. The van der Waals surface area contributed by atoms with Gasteiger partial charge in [-0.1, -0.05) is 12.1 Å². The first-order chi connectivity index (χ1) is 15.1. The average Bonchev–Trinajstić information content (AvgIpc) is 2.78. The summed E-state index contributed by atoms with van der Waals surface area (Å²) in [6.45, 7) is 6.95. The summed E-state index contributed by atoms with van der Waals surface area (Å²) in [5, 5.41) is 9.28. The molecular weight excluding hydrogens is 426 g/mol. The van der Waals surface area contributed by atoms with Gasteiger partial charge in [0.2, 0.25) is 10.0 Å². The predicted octanol–water partition coefficient (Wildman–Crippen LogP) is 2.49. The van der Waals surface area contributed by atoms with Crippen LogP contribution < -0.4 is 4.90 Å². The molecular formula is C23H29N5O3S. The fourth-order valence-electron chi connectivity index (χ4n) is 3.73. The number of carbonyl (C=O) groups excluding carboxylic acids is 1. The van der Waals surface area contributed by atoms with Crippen molar-refractivity contribution < 1.29 is 13.2 Å². The van der Waals surface area contributed by atoms with E-state index in [1.807, 2.05) is 24.0 Å². The van der Waals surface area contributed by atoms with Crippen LogP contribution in [0.15, 0.2) is 30.5 Å². The second kappa shape index (κ2) is 9.27. The third-order valence-electron chi connectivity index (χ3n) is 5.68. The van der Waals surface area contributed by atoms with Crippen LogP contribution in [-0.4, -0.2) is 74.0 Å². The maximum atomic E-state index is 12.4. The van der Waals surface area contributed by atoms with Crippen LogP contribution in [0.4, 0.5) is 5.82 Å². The van der Waals surface area contributed by atoms with Crippen molar-refractivity contribution in [2.24, 2.45) is 0 Å². The Balaban J connectivity index is 1.83. The summed E-state index contributed by atoms with van der Waals surface area (Å²) >= 11 is 0. The van der Waals surface area contributed by atoms with Gasteiger partial charge >= 0.3 is 0 Å². The Hall–Kier alpha value is -2.96. The van der Waals surface area contributed by atoms with Gasteiger partial charge in [0.25, 0.3) is 5.91 Å². The molecule has 2 aromatic rings. The molecule has 0 spiro atoms. The highest BCUT2D eigenvalue weighted by Gasteiger charge is 2.30. The average molecular weight is 456 g/mol. The van der Waals surface area contributed by atoms with Crippen molar-refractivity contribution in [2.75, 3.05) is 45.2 Å². The van der Waals surface area contributed by atoms with Crippen LogP contribution >= 0.6 is 0 Å². The van der Waals surface area contributed by atoms with E-state index in [2.05, 4.69) is 11.1 Å². The second-order valence-corrected chi connectivity index (χ2v) is 10.9. The van der Waals surface area contributed by atoms with Gasteiger partial charge in [-0.2, -0.15) is 9.57 Å². The fourth-order valence-corrected chi connectivity index (χ4v) is 4.99. The van der Waals surface area contributed by atoms with E-state index in [9.17, 15) is 18.5 Å². The van der Waals surface area contributed by atoms with Crippen molar-refractivity contribution in [3.8, 4) is 17.2 Å². The van der Waals surface area contributed by atoms with Crippen molar-refractivity contribution in [1.82, 2.24) is 14.2 Å². The van der Waals surface area contributed by atoms with Gasteiger partial charge in [-0.05, 0) is 44.0 Å². The second-order valence-electron chi connectivity index (χ2n) is 8.42. The summed E-state index contributed by atoms with van der Waals surface area (Å²) < 4.78 is 26.3. The number of carbonyl (C=O) groups is 1. The molecule has 1 amide bonds. The van der Waals surface area contributed by atoms with Gasteiger partial charge in [0.05, 0.1) is 10.8 Å². The SMILES string of the molecule is Cc1cc(-c2cnc(N3CCN(S(=O)(=O)C(C)C)CC3)c(C#N)c2)ccc1C(=O)N(C)C. The third-order valence-corrected chi connectivity index (χ3v) is 7.95. The Morgan fingerprint density at radius 2 is 1.78 bits per heavy atom. The van der Waals surface area contributed by atoms with Gasteiger partial charge in [0.1, 0.15) is 11.9 Å². The molecule has 32 heavy (non-hydrogen) atoms. The molecule has 1 aliphatic heterocycles. The van der Waals surface area contributed by atoms with Crippen LogP contribution in [0.3, 0.4) is 0 Å². The van der Waals surface area contributed by atoms with Crippen molar-refractivity contribution in [3.63, 3.8) is 0 Å². The van der Waals surface area contributed by atoms with Gasteiger partial charge in [-0.25, -0.2) is 13.4 Å². The van der Waals surface area contributed by atoms with Crippen LogP contribution in [0.25, 0.3) is 11.1 Å². The van der Waals surface area contributed by atoms with E-state index in [4.69, 9.17) is 0 Å². The van der Waals surface area contributed by atoms with E-state index < -0.39 is 15.3 Å². The summed E-state index contributed by atoms with van der Waals surface area (Å²) in [7, 11) is 0.147. The highest BCUT2D eigenvalue weighted by molar-refractivity contribution is 7.89. The summed E-state index contributed by atoms with van der Waals surface area (Å²) in [6, 6.07) is 9.59. The molecule has 8 nitrogen and oxygen atoms in total. The minimum absolute atomic E-state index is 0.0566. The number of piperazine rings is 1. The molecule has 1 aromatic carbocycles. The van der Waals surface area contributed by atoms with Gasteiger partial charge in [0.15, 0.2) is 0 Å². The lowest BCUT2D eigenvalue weighted by molar-refractivity contribution is 0.0827. The van der Waals surface area contributed by atoms with Crippen LogP contribution in [0.1, 0.15) is 35.3 Å². The van der Waals surface area contributed by atoms with Gasteiger partial charge in [-0.3, -0.25) is 4.79 Å². The third kappa shape index (κ3) is 4.61. The lowest BCUT2D eigenvalue weighted by Gasteiger charge is -2.35. The van der Waals surface area contributed by atoms with E-state index in [1.165, 1.54) is 9.21 Å². The molecule has 0 saturated carbocycles. The zero-order valence-corrected chi connectivity index (χ0v) is 20.0. The number of sulfonamides is 1. The Bertz CT molecular complexity index is 1160. The zero-order valence-electron chi connectivity index (χ0n) is 19.2. The molecule has 1 aliphatic rings. The number of hydrogen-bond acceptors (Lipinski definition) is 6. The summed E-state index contributed by atoms with van der Waals surface area (Å²) in [6.07, 6.45) is 1.72. The van der Waals surface area contributed by atoms with Crippen LogP contribution in [0.5, 0.6) is 0 Å². The van der Waals surface area contributed by atoms with E-state index in [0.717, 1.165) is 16.7 Å². The molecule has 0 unspecified atom stereocenters. The smallest absolute Gasteiger partial charge is 0.253 e. The van der Waals surface area contributed by atoms with Crippen LogP contribution in [-0.2, 0) is 10.0 Å². The molecule has 0 aliphatic carbocycles. The number of aromatic nitrogens is 1. The van der Waals surface area contributed by atoms with Gasteiger partial charge in [-0.15, -0.1) is 0 Å². The summed E-state index contributed by atoms with van der Waals surface area (Å²) in [5.74, 6) is 0.507. The number of amides is 1. The van der Waals surface area contributed by atoms with Crippen molar-refractivity contribution in [3.05, 3.63) is 47.2 Å². The number of benzene rings is 1. The molecule has 1 saturated heterocycles. The topological polar surface area (TPSA) is 97.6 Å². The molecule has 0 N–H and O–H groups in total. The normalized spacial score (nSPS) is 15.0. The zero-order chi connectivity index (χ0) is 23.6. The molecule has 9 heteroatoms. The number of anilines is 1. The number of nitrogens with zero attached hydrogens (tertiary/aromatic N) is 5. The number of pyridine rings is 1. The Morgan fingerprint density at radius 1 is 1.12 bits per heavy atom. The lowest BCUT2D eigenvalue weighted by Crippen LogP contribution is -2.50. The van der Waals surface area contributed by atoms with Crippen LogP contribution in [0.2, 0.25) is 0 Å². The molecule has 1 fully saturated rings. The fraction of sp³-hybridized carbons (Fsp3) is 0.435. The maximum absolute atomic E-state index is 12.4. The Labute approximate surface area is 190 Å². The summed E-state index contributed by atoms with van der Waals surface area (Å²) in [5.41, 5.74) is 3.59. The minimum atomic E-state index is -3.29. The molecule has 170 valence electrons. The van der Waals surface area contributed by atoms with Crippen molar-refractivity contribution in [2.45, 2.75) is 26.0 Å². The highest BCUT2D eigenvalue weighted by Crippen LogP contribution is 2.28. The number of rotatable bonds is 5. The first-order valence-electron chi connectivity index (χ1n) is 10.5. The first-order valence-corrected chi connectivity index (χ1v) is 12.0. The molecule has 2 heterocycles. The van der Waals surface area contributed by atoms with Gasteiger partial charge in [0, 0.05) is 57.6 Å². The lowest BCUT2D eigenvalue weighted by atomic mass is 9.99. The van der Waals surface area contributed by atoms with Crippen LogP contribution in [0, 0.1) is 18.3 Å². The van der Waals surface area contributed by atoms with E-state index in [1.54, 1.807) is 46.3 Å². The molecule has 1 aromatic heterocycles. The maximum Gasteiger partial charge on any atom is 0.253 e. The largest absolute Gasteiger partial charge is 0.353 e. The predicted molar refractivity (Wildman–Crippen MR) is 125 cm³/mol. The first kappa shape index (κ1) is 23.7. The number of nitriles is 1. The molecule has 0 radical (unpaired) electrons. The van der Waals surface area contributed by atoms with E-state index in [-0.39, 0.29) is 5.91 Å². The summed E-state index contributed by atoms with van der Waals surface area (Å²) in [4.78, 5) is 20.3. The number of aryl methyl sites for hydroxylation is 1. The standard InChI is InChI=1S/C23H29N5O3S/c1-16(2)32(30,31)28-10-8-27(9-11-28)22-19(14-24)13-20(15-25-22)18-6-7-21(17(3)12-18)23(29)26(4)5/h6-7,12-13,15-16H,8-11H2,1-5H3. The van der Waals surface area contributed by atoms with Crippen molar-refractivity contribution >= 4 is 21.7 Å². The Morgan fingerprint density at radius 3 is 2.31 bits per heavy atom. The Kier molecular flexibility index (Phi) is 6.86. The minimum Gasteiger partial charge on any atom is -0.353 e. The molecule has 0 atom stereocenters. The van der Waals surface area contributed by atoms with E-state index >= 15 is 0 Å². The molecule has 0 bridgehead atoms. The van der Waals surface area contributed by atoms with Crippen molar-refractivity contribution in [1.29, 1.82) is 5.26 Å². The molecule has 3 rings (SSSR count). The van der Waals surface area contributed by atoms with E-state index in [0.29, 0.717) is 43.1 Å². The quantitative estimate of drug-likeness (QED) is 0.687. The number of hydrogen-bond donors (Lipinski definition) is 0. The van der Waals surface area contributed by atoms with Gasteiger partial charge < -0.3 is 9.80 Å².